The lowest BCUT2D eigenvalue weighted by molar-refractivity contribution is 0.112. The third-order valence-electron chi connectivity index (χ3n) is 1.86. The molecule has 0 aliphatic heterocycles. The molecule has 0 spiro atoms. The van der Waals surface area contributed by atoms with Crippen LogP contribution in [0, 0.1) is 0 Å². The molecular weight excluding hydrogens is 212 g/mol. The zero-order chi connectivity index (χ0) is 10.9. The first-order valence-corrected chi connectivity index (χ1v) is 4.59. The fraction of sp³-hybridized carbons (Fsp3) is 0.625. The molecule has 1 atom stereocenters. The first-order valence-electron chi connectivity index (χ1n) is 4.21. The topological polar surface area (TPSA) is 43.8 Å². The molecule has 2 N–H and O–H groups in total. The van der Waals surface area contributed by atoms with E-state index in [2.05, 4.69) is 5.10 Å². The molecule has 1 heterocycles. The summed E-state index contributed by atoms with van der Waals surface area (Å²) in [5, 5.41) is 4.08. The molecular formula is C8H12ClF2N3. The number of hydrogen-bond donors (Lipinski definition) is 1. The first kappa shape index (κ1) is 11.4. The lowest BCUT2D eigenvalue weighted by Crippen LogP contribution is -2.24. The van der Waals surface area contributed by atoms with E-state index in [4.69, 9.17) is 17.3 Å². The number of alkyl halides is 2. The third-order valence-corrected chi connectivity index (χ3v) is 2.15. The monoisotopic (exact) mass is 223 g/mol. The fourth-order valence-electron chi connectivity index (χ4n) is 1.19. The van der Waals surface area contributed by atoms with Crippen LogP contribution < -0.4 is 5.73 Å². The van der Waals surface area contributed by atoms with Gasteiger partial charge >= 0.3 is 0 Å². The SMILES string of the molecule is CC(C)n1ncc(Cl)c1C(N)C(F)F. The van der Waals surface area contributed by atoms with Crippen LogP contribution in [0.1, 0.15) is 31.6 Å². The van der Waals surface area contributed by atoms with Gasteiger partial charge in [-0.15, -0.1) is 0 Å². The van der Waals surface area contributed by atoms with Gasteiger partial charge in [0.05, 0.1) is 16.9 Å². The average Bonchev–Trinajstić information content (AvgIpc) is 2.45. The van der Waals surface area contributed by atoms with Crippen LogP contribution >= 0.6 is 11.6 Å². The predicted octanol–water partition coefficient (Wildman–Crippen LogP) is 2.38. The third kappa shape index (κ3) is 2.04. The molecule has 1 aromatic heterocycles. The van der Waals surface area contributed by atoms with Crippen LogP contribution in [0.15, 0.2) is 6.20 Å². The van der Waals surface area contributed by atoms with E-state index in [0.717, 1.165) is 0 Å². The quantitative estimate of drug-likeness (QED) is 0.855. The molecule has 14 heavy (non-hydrogen) atoms. The van der Waals surface area contributed by atoms with E-state index >= 15 is 0 Å². The normalized spacial score (nSPS) is 14.0. The molecule has 0 amide bonds. The molecule has 0 saturated carbocycles. The summed E-state index contributed by atoms with van der Waals surface area (Å²) in [4.78, 5) is 0. The lowest BCUT2D eigenvalue weighted by Gasteiger charge is -2.16. The van der Waals surface area contributed by atoms with Crippen LogP contribution in [-0.4, -0.2) is 16.2 Å². The standard InChI is InChI=1S/C8H12ClF2N3/c1-4(2)14-7(5(9)3-13-14)6(12)8(10)11/h3-4,6,8H,12H2,1-2H3. The van der Waals surface area contributed by atoms with E-state index in [1.807, 2.05) is 13.8 Å². The van der Waals surface area contributed by atoms with Crippen LogP contribution in [0.2, 0.25) is 5.02 Å². The second kappa shape index (κ2) is 4.23. The van der Waals surface area contributed by atoms with Crippen LogP contribution in [-0.2, 0) is 0 Å². The van der Waals surface area contributed by atoms with Gasteiger partial charge in [-0.25, -0.2) is 8.78 Å². The van der Waals surface area contributed by atoms with Crippen LogP contribution in [0.25, 0.3) is 0 Å². The fourth-order valence-corrected chi connectivity index (χ4v) is 1.45. The van der Waals surface area contributed by atoms with Gasteiger partial charge in [0.15, 0.2) is 0 Å². The van der Waals surface area contributed by atoms with Crippen molar-refractivity contribution >= 4 is 11.6 Å². The maximum atomic E-state index is 12.4. The van der Waals surface area contributed by atoms with Gasteiger partial charge in [-0.05, 0) is 13.8 Å². The minimum absolute atomic E-state index is 0.0395. The predicted molar refractivity (Wildman–Crippen MR) is 50.6 cm³/mol. The average molecular weight is 224 g/mol. The van der Waals surface area contributed by atoms with Gasteiger partial charge < -0.3 is 5.73 Å². The first-order chi connectivity index (χ1) is 6.45. The number of aromatic nitrogens is 2. The summed E-state index contributed by atoms with van der Waals surface area (Å²) in [7, 11) is 0. The second-order valence-corrected chi connectivity index (χ2v) is 3.68. The van der Waals surface area contributed by atoms with Gasteiger partial charge in [-0.3, -0.25) is 4.68 Å². The summed E-state index contributed by atoms with van der Waals surface area (Å²) in [5.74, 6) is 0. The van der Waals surface area contributed by atoms with Gasteiger partial charge in [0.1, 0.15) is 6.04 Å². The van der Waals surface area contributed by atoms with E-state index < -0.39 is 12.5 Å². The number of nitrogens with two attached hydrogens (primary N) is 1. The van der Waals surface area contributed by atoms with Crippen molar-refractivity contribution in [3.63, 3.8) is 0 Å². The highest BCUT2D eigenvalue weighted by atomic mass is 35.5. The summed E-state index contributed by atoms with van der Waals surface area (Å²) in [6, 6.07) is -1.42. The zero-order valence-electron chi connectivity index (χ0n) is 7.92. The zero-order valence-corrected chi connectivity index (χ0v) is 8.67. The Labute approximate surface area is 85.8 Å². The Morgan fingerprint density at radius 3 is 2.50 bits per heavy atom. The summed E-state index contributed by atoms with van der Waals surface area (Å²) in [6.45, 7) is 3.65. The molecule has 0 aliphatic rings. The van der Waals surface area contributed by atoms with Crippen molar-refractivity contribution in [3.05, 3.63) is 16.9 Å². The Balaban J connectivity index is 3.10. The summed E-state index contributed by atoms with van der Waals surface area (Å²) in [6.07, 6.45) is -1.30. The van der Waals surface area contributed by atoms with Crippen molar-refractivity contribution in [2.75, 3.05) is 0 Å². The molecule has 3 nitrogen and oxygen atoms in total. The molecule has 0 aliphatic carbocycles. The minimum atomic E-state index is -2.64. The lowest BCUT2D eigenvalue weighted by atomic mass is 10.2. The maximum Gasteiger partial charge on any atom is 0.259 e. The molecule has 0 bridgehead atoms. The Morgan fingerprint density at radius 2 is 2.07 bits per heavy atom. The number of rotatable bonds is 3. The maximum absolute atomic E-state index is 12.4. The largest absolute Gasteiger partial charge is 0.318 e. The summed E-state index contributed by atoms with van der Waals surface area (Å²) >= 11 is 5.73. The Bertz CT molecular complexity index is 312. The summed E-state index contributed by atoms with van der Waals surface area (Å²) in [5.41, 5.74) is 5.52. The number of nitrogens with zero attached hydrogens (tertiary/aromatic N) is 2. The second-order valence-electron chi connectivity index (χ2n) is 3.28. The summed E-state index contributed by atoms with van der Waals surface area (Å²) < 4.78 is 26.2. The van der Waals surface area contributed by atoms with Crippen molar-refractivity contribution in [1.82, 2.24) is 9.78 Å². The van der Waals surface area contributed by atoms with E-state index in [-0.39, 0.29) is 16.8 Å². The van der Waals surface area contributed by atoms with Crippen molar-refractivity contribution in [1.29, 1.82) is 0 Å². The molecule has 0 aromatic carbocycles. The molecule has 1 rings (SSSR count). The van der Waals surface area contributed by atoms with Gasteiger partial charge in [0.25, 0.3) is 6.43 Å². The van der Waals surface area contributed by atoms with Crippen molar-refractivity contribution < 1.29 is 8.78 Å². The Hall–Kier alpha value is -0.680. The van der Waals surface area contributed by atoms with E-state index in [0.29, 0.717) is 0 Å². The van der Waals surface area contributed by atoms with Crippen molar-refractivity contribution in [2.45, 2.75) is 32.4 Å². The Kier molecular flexibility index (Phi) is 3.44. The van der Waals surface area contributed by atoms with Gasteiger partial charge in [0, 0.05) is 6.04 Å². The van der Waals surface area contributed by atoms with Gasteiger partial charge in [-0.1, -0.05) is 11.6 Å². The van der Waals surface area contributed by atoms with Gasteiger partial charge in [0.2, 0.25) is 0 Å². The van der Waals surface area contributed by atoms with Crippen LogP contribution in [0.3, 0.4) is 0 Å². The molecule has 6 heteroatoms. The Morgan fingerprint density at radius 1 is 1.50 bits per heavy atom. The highest BCUT2D eigenvalue weighted by Crippen LogP contribution is 2.27. The molecule has 0 radical (unpaired) electrons. The van der Waals surface area contributed by atoms with Crippen molar-refractivity contribution in [3.8, 4) is 0 Å². The van der Waals surface area contributed by atoms with E-state index in [9.17, 15) is 8.78 Å². The number of halogens is 3. The highest BCUT2D eigenvalue weighted by molar-refractivity contribution is 6.31. The van der Waals surface area contributed by atoms with E-state index in [1.54, 1.807) is 0 Å². The van der Waals surface area contributed by atoms with Gasteiger partial charge in [-0.2, -0.15) is 5.10 Å². The van der Waals surface area contributed by atoms with Crippen LogP contribution in [0.5, 0.6) is 0 Å². The van der Waals surface area contributed by atoms with Crippen molar-refractivity contribution in [2.24, 2.45) is 5.73 Å². The number of hydrogen-bond acceptors (Lipinski definition) is 2. The van der Waals surface area contributed by atoms with Crippen LogP contribution in [0.4, 0.5) is 8.78 Å². The molecule has 0 fully saturated rings. The molecule has 1 unspecified atom stereocenters. The molecule has 0 saturated heterocycles. The highest BCUT2D eigenvalue weighted by Gasteiger charge is 2.25. The molecule has 80 valence electrons. The van der Waals surface area contributed by atoms with E-state index in [1.165, 1.54) is 10.9 Å². The minimum Gasteiger partial charge on any atom is -0.318 e. The molecule has 1 aromatic rings. The smallest absolute Gasteiger partial charge is 0.259 e.